The first-order chi connectivity index (χ1) is 15.8. The Labute approximate surface area is 192 Å². The smallest absolute Gasteiger partial charge is 0.255 e. The lowest BCUT2D eigenvalue weighted by Gasteiger charge is -2.17. The first kappa shape index (κ1) is 22.3. The number of sulfonamides is 1. The molecule has 3 aromatic rings. The Kier molecular flexibility index (Phi) is 6.32. The van der Waals surface area contributed by atoms with Gasteiger partial charge in [-0.3, -0.25) is 13.9 Å². The minimum absolute atomic E-state index is 0.152. The van der Waals surface area contributed by atoms with Crippen LogP contribution in [0.5, 0.6) is 5.75 Å². The van der Waals surface area contributed by atoms with Crippen molar-refractivity contribution in [3.05, 3.63) is 89.5 Å². The van der Waals surface area contributed by atoms with Crippen LogP contribution in [0, 0.1) is 0 Å². The number of para-hydroxylation sites is 1. The van der Waals surface area contributed by atoms with Crippen molar-refractivity contribution in [3.63, 3.8) is 0 Å². The number of carbonyl (C=O) groups excluding carboxylic acids is 2. The normalized spacial score (nSPS) is 14.6. The number of primary amides is 1. The highest BCUT2D eigenvalue weighted by atomic mass is 32.2. The van der Waals surface area contributed by atoms with E-state index in [1.54, 1.807) is 66.7 Å². The highest BCUT2D eigenvalue weighted by Gasteiger charge is 2.28. The summed E-state index contributed by atoms with van der Waals surface area (Å²) in [5.41, 5.74) is 7.98. The molecule has 2 amide bonds. The van der Waals surface area contributed by atoms with Crippen molar-refractivity contribution in [1.29, 1.82) is 0 Å². The Bertz CT molecular complexity index is 1290. The maximum absolute atomic E-state index is 12.7. The number of nitrogens with two attached hydrogens (primary N) is 1. The number of rotatable bonds is 7. The van der Waals surface area contributed by atoms with Gasteiger partial charge in [0.25, 0.3) is 11.8 Å². The van der Waals surface area contributed by atoms with Crippen molar-refractivity contribution >= 4 is 33.2 Å². The van der Waals surface area contributed by atoms with Gasteiger partial charge < -0.3 is 15.8 Å². The van der Waals surface area contributed by atoms with E-state index in [0.717, 1.165) is 5.56 Å². The lowest BCUT2D eigenvalue weighted by atomic mass is 10.1. The summed E-state index contributed by atoms with van der Waals surface area (Å²) >= 11 is 0. The number of ether oxygens (including phenoxy) is 1. The van der Waals surface area contributed by atoms with Gasteiger partial charge in [0.15, 0.2) is 0 Å². The third kappa shape index (κ3) is 5.15. The van der Waals surface area contributed by atoms with Gasteiger partial charge >= 0.3 is 0 Å². The number of hydrogen-bond acceptors (Lipinski definition) is 5. The molecule has 0 spiro atoms. The maximum Gasteiger partial charge on any atom is 0.255 e. The Morgan fingerprint density at radius 3 is 2.45 bits per heavy atom. The number of anilines is 2. The van der Waals surface area contributed by atoms with Crippen molar-refractivity contribution in [2.24, 2.45) is 5.73 Å². The molecule has 170 valence electrons. The SMILES string of the molecule is NC(=O)c1ccccc1OCc1cccc(C(=O)Nc2ccc(N3CCCS3(=O)=O)cc2)c1. The second-order valence-electron chi connectivity index (χ2n) is 7.59. The standard InChI is InChI=1S/C24H23N3O5S/c25-23(28)21-7-1-2-8-22(21)32-16-17-5-3-6-18(15-17)24(29)26-19-9-11-20(12-10-19)27-13-4-14-33(27,30)31/h1-3,5-12,15H,4,13-14,16H2,(H2,25,28)(H,26,29). The van der Waals surface area contributed by atoms with Crippen molar-refractivity contribution in [3.8, 4) is 5.75 Å². The van der Waals surface area contributed by atoms with Crippen LogP contribution in [0.4, 0.5) is 11.4 Å². The van der Waals surface area contributed by atoms with Crippen LogP contribution in [0.2, 0.25) is 0 Å². The van der Waals surface area contributed by atoms with Gasteiger partial charge in [0.05, 0.1) is 17.0 Å². The Morgan fingerprint density at radius 2 is 1.76 bits per heavy atom. The molecule has 3 N–H and O–H groups in total. The number of carbonyl (C=O) groups is 2. The van der Waals surface area contributed by atoms with Crippen LogP contribution in [0.3, 0.4) is 0 Å². The number of amides is 2. The van der Waals surface area contributed by atoms with Gasteiger partial charge in [0.2, 0.25) is 10.0 Å². The predicted molar refractivity (Wildman–Crippen MR) is 126 cm³/mol. The first-order valence-corrected chi connectivity index (χ1v) is 12.0. The summed E-state index contributed by atoms with van der Waals surface area (Å²) < 4.78 is 31.2. The molecule has 0 aliphatic carbocycles. The van der Waals surface area contributed by atoms with Gasteiger partial charge in [-0.25, -0.2) is 8.42 Å². The zero-order chi connectivity index (χ0) is 23.4. The molecule has 1 aliphatic rings. The van der Waals surface area contributed by atoms with Gasteiger partial charge in [0, 0.05) is 17.8 Å². The van der Waals surface area contributed by atoms with Gasteiger partial charge in [-0.15, -0.1) is 0 Å². The molecule has 0 atom stereocenters. The summed E-state index contributed by atoms with van der Waals surface area (Å²) in [5.74, 6) is -0.359. The van der Waals surface area contributed by atoms with Crippen LogP contribution in [-0.4, -0.2) is 32.5 Å². The number of hydrogen-bond donors (Lipinski definition) is 2. The molecule has 0 bridgehead atoms. The quantitative estimate of drug-likeness (QED) is 0.556. The Morgan fingerprint density at radius 1 is 1.00 bits per heavy atom. The number of nitrogens with one attached hydrogen (secondary N) is 1. The van der Waals surface area contributed by atoms with E-state index < -0.39 is 15.9 Å². The molecule has 9 heteroatoms. The fourth-order valence-electron chi connectivity index (χ4n) is 3.60. The van der Waals surface area contributed by atoms with Gasteiger partial charge in [0.1, 0.15) is 12.4 Å². The van der Waals surface area contributed by atoms with Crippen LogP contribution in [-0.2, 0) is 16.6 Å². The molecule has 0 saturated carbocycles. The molecule has 3 aromatic carbocycles. The van der Waals surface area contributed by atoms with E-state index in [-0.39, 0.29) is 23.8 Å². The molecule has 4 rings (SSSR count). The minimum atomic E-state index is -3.25. The van der Waals surface area contributed by atoms with E-state index in [2.05, 4.69) is 5.32 Å². The lowest BCUT2D eigenvalue weighted by Crippen LogP contribution is -2.25. The van der Waals surface area contributed by atoms with Gasteiger partial charge in [-0.05, 0) is 60.5 Å². The fourth-order valence-corrected chi connectivity index (χ4v) is 5.17. The summed E-state index contributed by atoms with van der Waals surface area (Å²) in [4.78, 5) is 24.2. The molecule has 1 heterocycles. The molecular weight excluding hydrogens is 442 g/mol. The summed E-state index contributed by atoms with van der Waals surface area (Å²) in [6, 6.07) is 20.4. The predicted octanol–water partition coefficient (Wildman–Crippen LogP) is 3.16. The van der Waals surface area contributed by atoms with Crippen molar-refractivity contribution < 1.29 is 22.7 Å². The molecule has 33 heavy (non-hydrogen) atoms. The van der Waals surface area contributed by atoms with Crippen molar-refractivity contribution in [2.45, 2.75) is 13.0 Å². The van der Waals surface area contributed by atoms with E-state index in [1.165, 1.54) is 4.31 Å². The zero-order valence-corrected chi connectivity index (χ0v) is 18.5. The topological polar surface area (TPSA) is 119 Å². The van der Waals surface area contributed by atoms with E-state index in [1.807, 2.05) is 6.07 Å². The zero-order valence-electron chi connectivity index (χ0n) is 17.7. The highest BCUT2D eigenvalue weighted by Crippen LogP contribution is 2.25. The first-order valence-electron chi connectivity index (χ1n) is 10.4. The Balaban J connectivity index is 1.41. The van der Waals surface area contributed by atoms with Gasteiger partial charge in [-0.2, -0.15) is 0 Å². The molecule has 1 fully saturated rings. The average molecular weight is 466 g/mol. The fraction of sp³-hybridized carbons (Fsp3) is 0.167. The largest absolute Gasteiger partial charge is 0.488 e. The Hall–Kier alpha value is -3.85. The third-order valence-electron chi connectivity index (χ3n) is 5.25. The summed E-state index contributed by atoms with van der Waals surface area (Å²) in [6.45, 7) is 0.622. The van der Waals surface area contributed by atoms with Crippen LogP contribution in [0.25, 0.3) is 0 Å². The van der Waals surface area contributed by atoms with Crippen LogP contribution < -0.4 is 20.1 Å². The van der Waals surface area contributed by atoms with E-state index >= 15 is 0 Å². The van der Waals surface area contributed by atoms with E-state index in [9.17, 15) is 18.0 Å². The lowest BCUT2D eigenvalue weighted by molar-refractivity contribution is 0.0994. The third-order valence-corrected chi connectivity index (χ3v) is 7.12. The van der Waals surface area contributed by atoms with Crippen molar-refractivity contribution in [1.82, 2.24) is 0 Å². The van der Waals surface area contributed by atoms with E-state index in [4.69, 9.17) is 10.5 Å². The van der Waals surface area contributed by atoms with Crippen LogP contribution >= 0.6 is 0 Å². The van der Waals surface area contributed by atoms with Crippen LogP contribution in [0.1, 0.15) is 32.7 Å². The van der Waals surface area contributed by atoms with Crippen LogP contribution in [0.15, 0.2) is 72.8 Å². The minimum Gasteiger partial charge on any atom is -0.488 e. The second kappa shape index (κ2) is 9.33. The molecule has 8 nitrogen and oxygen atoms in total. The molecule has 0 aromatic heterocycles. The molecule has 0 unspecified atom stereocenters. The average Bonchev–Trinajstić information content (AvgIpc) is 3.17. The molecule has 1 saturated heterocycles. The second-order valence-corrected chi connectivity index (χ2v) is 9.61. The number of benzene rings is 3. The maximum atomic E-state index is 12.7. The molecule has 1 aliphatic heterocycles. The van der Waals surface area contributed by atoms with Gasteiger partial charge in [-0.1, -0.05) is 24.3 Å². The molecular formula is C24H23N3O5S. The van der Waals surface area contributed by atoms with Crippen molar-refractivity contribution in [2.75, 3.05) is 21.9 Å². The summed E-state index contributed by atoms with van der Waals surface area (Å²) in [5, 5.41) is 2.81. The van der Waals surface area contributed by atoms with E-state index in [0.29, 0.717) is 35.7 Å². The highest BCUT2D eigenvalue weighted by molar-refractivity contribution is 7.93. The number of nitrogens with zero attached hydrogens (tertiary/aromatic N) is 1. The summed E-state index contributed by atoms with van der Waals surface area (Å²) in [7, 11) is -3.25. The molecule has 0 radical (unpaired) electrons. The summed E-state index contributed by atoms with van der Waals surface area (Å²) in [6.07, 6.45) is 0.606. The monoisotopic (exact) mass is 465 g/mol.